The van der Waals surface area contributed by atoms with Crippen molar-refractivity contribution in [2.45, 2.75) is 44.6 Å². The van der Waals surface area contributed by atoms with Gasteiger partial charge in [-0.1, -0.05) is 0 Å². The van der Waals surface area contributed by atoms with Gasteiger partial charge >= 0.3 is 0 Å². The van der Waals surface area contributed by atoms with Crippen molar-refractivity contribution in [2.24, 2.45) is 0 Å². The first-order chi connectivity index (χ1) is 6.20. The van der Waals surface area contributed by atoms with Crippen LogP contribution in [0.5, 0.6) is 0 Å². The molecule has 0 bridgehead atoms. The van der Waals surface area contributed by atoms with Crippen LogP contribution in [-0.2, 0) is 9.47 Å². The maximum Gasteiger partial charge on any atom is 0.0666 e. The predicted octanol–water partition coefficient (Wildman–Crippen LogP) is 2.32. The number of thioether (sulfide) groups is 1. The smallest absolute Gasteiger partial charge is 0.0666 e. The van der Waals surface area contributed by atoms with Crippen molar-refractivity contribution in [1.29, 1.82) is 0 Å². The fraction of sp³-hybridized carbons (Fsp3) is 1.00. The zero-order valence-corrected chi connectivity index (χ0v) is 9.60. The summed E-state index contributed by atoms with van der Waals surface area (Å²) >= 11 is 1.98. The molecule has 0 N–H and O–H groups in total. The molecule has 2 atom stereocenters. The molecule has 13 heavy (non-hydrogen) atoms. The maximum absolute atomic E-state index is 5.48. The lowest BCUT2D eigenvalue weighted by Crippen LogP contribution is -2.15. The van der Waals surface area contributed by atoms with Crippen LogP contribution in [0.25, 0.3) is 0 Å². The highest BCUT2D eigenvalue weighted by atomic mass is 32.2. The topological polar surface area (TPSA) is 18.5 Å². The fourth-order valence-electron chi connectivity index (χ4n) is 1.41. The Balaban J connectivity index is 1.99. The Bertz CT molecular complexity index is 139. The average Bonchev–Trinajstić information content (AvgIpc) is 2.45. The van der Waals surface area contributed by atoms with Gasteiger partial charge in [-0.15, -0.1) is 0 Å². The SMILES string of the molecule is CC(C)OCCS[C@H]1CCO[C@@H]1C. The van der Waals surface area contributed by atoms with Crippen LogP contribution in [0.1, 0.15) is 27.2 Å². The molecule has 0 unspecified atom stereocenters. The lowest BCUT2D eigenvalue weighted by Gasteiger charge is -2.14. The van der Waals surface area contributed by atoms with Crippen LogP contribution >= 0.6 is 11.8 Å². The summed E-state index contributed by atoms with van der Waals surface area (Å²) in [5.41, 5.74) is 0. The van der Waals surface area contributed by atoms with Crippen LogP contribution in [0.4, 0.5) is 0 Å². The minimum Gasteiger partial charge on any atom is -0.378 e. The summed E-state index contributed by atoms with van der Waals surface area (Å²) in [6.07, 6.45) is 2.00. The third-order valence-corrected chi connectivity index (χ3v) is 3.62. The van der Waals surface area contributed by atoms with Gasteiger partial charge in [-0.25, -0.2) is 0 Å². The molecule has 0 radical (unpaired) electrons. The zero-order valence-electron chi connectivity index (χ0n) is 8.79. The van der Waals surface area contributed by atoms with Crippen molar-refractivity contribution < 1.29 is 9.47 Å². The van der Waals surface area contributed by atoms with Gasteiger partial charge in [-0.3, -0.25) is 0 Å². The molecule has 0 amide bonds. The second-order valence-corrected chi connectivity index (χ2v) is 5.04. The predicted molar refractivity (Wildman–Crippen MR) is 57.4 cm³/mol. The van der Waals surface area contributed by atoms with E-state index in [4.69, 9.17) is 9.47 Å². The van der Waals surface area contributed by atoms with Gasteiger partial charge in [0, 0.05) is 17.6 Å². The molecule has 1 rings (SSSR count). The summed E-state index contributed by atoms with van der Waals surface area (Å²) in [5.74, 6) is 1.09. The molecule has 3 heteroatoms. The quantitative estimate of drug-likeness (QED) is 0.640. The molecule has 1 saturated heterocycles. The standard InChI is InChI=1S/C10H20O2S/c1-8(2)11-6-7-13-10-4-5-12-9(10)3/h8-10H,4-7H2,1-3H3/t9-,10+/m1/s1. The first kappa shape index (κ1) is 11.3. The van der Waals surface area contributed by atoms with E-state index >= 15 is 0 Å². The molecule has 0 aromatic carbocycles. The molecule has 2 nitrogen and oxygen atoms in total. The van der Waals surface area contributed by atoms with E-state index in [1.165, 1.54) is 6.42 Å². The van der Waals surface area contributed by atoms with E-state index in [1.807, 2.05) is 11.8 Å². The fourth-order valence-corrected chi connectivity index (χ4v) is 2.52. The maximum atomic E-state index is 5.48. The van der Waals surface area contributed by atoms with E-state index in [9.17, 15) is 0 Å². The van der Waals surface area contributed by atoms with Gasteiger partial charge in [0.1, 0.15) is 0 Å². The third kappa shape index (κ3) is 4.34. The summed E-state index contributed by atoms with van der Waals surface area (Å²) in [6.45, 7) is 8.11. The highest BCUT2D eigenvalue weighted by Crippen LogP contribution is 2.25. The normalized spacial score (nSPS) is 28.6. The second kappa shape index (κ2) is 5.89. The minimum absolute atomic E-state index is 0.359. The monoisotopic (exact) mass is 204 g/mol. The van der Waals surface area contributed by atoms with Crippen molar-refractivity contribution in [2.75, 3.05) is 19.0 Å². The summed E-state index contributed by atoms with van der Waals surface area (Å²) in [4.78, 5) is 0. The van der Waals surface area contributed by atoms with Crippen LogP contribution in [0.2, 0.25) is 0 Å². The highest BCUT2D eigenvalue weighted by Gasteiger charge is 2.23. The summed E-state index contributed by atoms with van der Waals surface area (Å²) in [5, 5.41) is 0.691. The first-order valence-corrected chi connectivity index (χ1v) is 6.10. The van der Waals surface area contributed by atoms with E-state index in [1.54, 1.807) is 0 Å². The number of hydrogen-bond donors (Lipinski definition) is 0. The molecule has 0 spiro atoms. The molecule has 0 aromatic rings. The third-order valence-electron chi connectivity index (χ3n) is 2.17. The molecule has 1 aliphatic heterocycles. The van der Waals surface area contributed by atoms with Crippen molar-refractivity contribution >= 4 is 11.8 Å². The van der Waals surface area contributed by atoms with Crippen molar-refractivity contribution in [1.82, 2.24) is 0 Å². The van der Waals surface area contributed by atoms with E-state index < -0.39 is 0 Å². The lowest BCUT2D eigenvalue weighted by molar-refractivity contribution is 0.0918. The van der Waals surface area contributed by atoms with Crippen molar-refractivity contribution in [3.05, 3.63) is 0 Å². The number of hydrogen-bond acceptors (Lipinski definition) is 3. The molecule has 0 saturated carbocycles. The van der Waals surface area contributed by atoms with Gasteiger partial charge in [0.15, 0.2) is 0 Å². The average molecular weight is 204 g/mol. The summed E-state index contributed by atoms with van der Waals surface area (Å²) < 4.78 is 11.0. The van der Waals surface area contributed by atoms with Gasteiger partial charge in [0.05, 0.1) is 18.8 Å². The number of ether oxygens (including phenoxy) is 2. The Morgan fingerprint density at radius 3 is 2.85 bits per heavy atom. The molecule has 1 fully saturated rings. The van der Waals surface area contributed by atoms with Crippen LogP contribution in [-0.4, -0.2) is 36.4 Å². The van der Waals surface area contributed by atoms with Gasteiger partial charge in [0.2, 0.25) is 0 Å². The van der Waals surface area contributed by atoms with Crippen LogP contribution in [0.15, 0.2) is 0 Å². The molecule has 0 aromatic heterocycles. The first-order valence-electron chi connectivity index (χ1n) is 5.05. The van der Waals surface area contributed by atoms with Crippen LogP contribution in [0, 0.1) is 0 Å². The second-order valence-electron chi connectivity index (χ2n) is 3.69. The Morgan fingerprint density at radius 1 is 1.54 bits per heavy atom. The minimum atomic E-state index is 0.359. The van der Waals surface area contributed by atoms with Crippen molar-refractivity contribution in [3.63, 3.8) is 0 Å². The Kier molecular flexibility index (Phi) is 5.14. The molecular formula is C10H20O2S. The molecule has 1 aliphatic rings. The summed E-state index contributed by atoms with van der Waals surface area (Å²) in [7, 11) is 0. The van der Waals surface area contributed by atoms with E-state index in [0.717, 1.165) is 19.0 Å². The largest absolute Gasteiger partial charge is 0.378 e. The van der Waals surface area contributed by atoms with Crippen LogP contribution < -0.4 is 0 Å². The van der Waals surface area contributed by atoms with Gasteiger partial charge < -0.3 is 9.47 Å². The molecular weight excluding hydrogens is 184 g/mol. The zero-order chi connectivity index (χ0) is 9.68. The Hall–Kier alpha value is 0.270. The molecule has 78 valence electrons. The Morgan fingerprint density at radius 2 is 2.31 bits per heavy atom. The molecule has 0 aliphatic carbocycles. The van der Waals surface area contributed by atoms with Crippen LogP contribution in [0.3, 0.4) is 0 Å². The number of rotatable bonds is 5. The van der Waals surface area contributed by atoms with Crippen molar-refractivity contribution in [3.8, 4) is 0 Å². The molecule has 1 heterocycles. The van der Waals surface area contributed by atoms with E-state index in [0.29, 0.717) is 17.5 Å². The van der Waals surface area contributed by atoms with Gasteiger partial charge in [-0.05, 0) is 27.2 Å². The lowest BCUT2D eigenvalue weighted by atomic mass is 10.3. The van der Waals surface area contributed by atoms with Gasteiger partial charge in [0.25, 0.3) is 0 Å². The summed E-state index contributed by atoms with van der Waals surface area (Å²) in [6, 6.07) is 0. The Labute approximate surface area is 85.4 Å². The van der Waals surface area contributed by atoms with E-state index in [2.05, 4.69) is 20.8 Å². The highest BCUT2D eigenvalue weighted by molar-refractivity contribution is 7.99. The van der Waals surface area contributed by atoms with Gasteiger partial charge in [-0.2, -0.15) is 11.8 Å². The van der Waals surface area contributed by atoms with E-state index in [-0.39, 0.29) is 0 Å².